The number of aliphatic hydroxyl groups is 6. The Kier molecular flexibility index (Phi) is 6.93. The van der Waals surface area contributed by atoms with E-state index in [0.717, 1.165) is 0 Å². The van der Waals surface area contributed by atoms with Crippen molar-refractivity contribution in [3.63, 3.8) is 0 Å². The Morgan fingerprint density at radius 2 is 1.32 bits per heavy atom. The molecule has 0 saturated carbocycles. The fourth-order valence-corrected chi connectivity index (χ4v) is 2.80. The maximum absolute atomic E-state index is 10.00. The van der Waals surface area contributed by atoms with Crippen molar-refractivity contribution >= 4 is 0 Å². The predicted molar refractivity (Wildman–Crippen MR) is 78.8 cm³/mol. The van der Waals surface area contributed by atoms with Gasteiger partial charge in [0.25, 0.3) is 0 Å². The largest absolute Gasteiger partial charge is 0.388 e. The van der Waals surface area contributed by atoms with E-state index >= 15 is 0 Å². The molecule has 0 aromatic heterocycles. The fraction of sp³-hybridized carbons (Fsp3) is 1.00. The van der Waals surface area contributed by atoms with Crippen molar-refractivity contribution in [2.45, 2.75) is 74.8 Å². The molecule has 144 valence electrons. The van der Waals surface area contributed by atoms with Crippen molar-refractivity contribution in [3.05, 3.63) is 10.4 Å². The van der Waals surface area contributed by atoms with Gasteiger partial charge in [-0.15, -0.1) is 0 Å². The molecule has 2 aliphatic heterocycles. The van der Waals surface area contributed by atoms with E-state index in [9.17, 15) is 30.6 Å². The van der Waals surface area contributed by atoms with Crippen molar-refractivity contribution in [2.75, 3.05) is 6.54 Å². The van der Waals surface area contributed by atoms with Gasteiger partial charge in [0.15, 0.2) is 12.6 Å². The minimum atomic E-state index is -1.68. The van der Waals surface area contributed by atoms with Gasteiger partial charge in [-0.25, -0.2) is 0 Å². The quantitative estimate of drug-likeness (QED) is 0.171. The van der Waals surface area contributed by atoms with E-state index in [1.165, 1.54) is 0 Å². The molecular formula is C13H23N3O9. The van der Waals surface area contributed by atoms with Crippen molar-refractivity contribution in [1.82, 2.24) is 0 Å². The molecule has 0 aromatic rings. The van der Waals surface area contributed by atoms with E-state index in [-0.39, 0.29) is 6.54 Å². The molecule has 0 spiro atoms. The van der Waals surface area contributed by atoms with E-state index in [1.54, 1.807) is 6.92 Å². The van der Waals surface area contributed by atoms with Gasteiger partial charge in [0.05, 0.1) is 18.8 Å². The molecule has 12 nitrogen and oxygen atoms in total. The number of hydrogen-bond acceptors (Lipinski definition) is 10. The Bertz CT molecular complexity index is 489. The summed E-state index contributed by atoms with van der Waals surface area (Å²) in [7, 11) is 0. The minimum absolute atomic E-state index is 0.319. The lowest BCUT2D eigenvalue weighted by atomic mass is 9.97. The minimum Gasteiger partial charge on any atom is -0.388 e. The summed E-state index contributed by atoms with van der Waals surface area (Å²) >= 11 is 0. The Balaban J connectivity index is 2.09. The van der Waals surface area contributed by atoms with Crippen LogP contribution in [-0.2, 0) is 14.2 Å². The Morgan fingerprint density at radius 3 is 1.80 bits per heavy atom. The van der Waals surface area contributed by atoms with Gasteiger partial charge < -0.3 is 44.8 Å². The monoisotopic (exact) mass is 365 g/mol. The van der Waals surface area contributed by atoms with E-state index in [0.29, 0.717) is 6.42 Å². The van der Waals surface area contributed by atoms with Crippen LogP contribution in [0.5, 0.6) is 0 Å². The molecule has 4 unspecified atom stereocenters. The zero-order valence-corrected chi connectivity index (χ0v) is 13.4. The van der Waals surface area contributed by atoms with Gasteiger partial charge in [-0.3, -0.25) is 0 Å². The predicted octanol–water partition coefficient (Wildman–Crippen LogP) is -2.66. The third-order valence-electron chi connectivity index (χ3n) is 4.33. The number of nitrogens with zero attached hydrogens (tertiary/aromatic N) is 3. The summed E-state index contributed by atoms with van der Waals surface area (Å²) in [5.41, 5.74) is 8.35. The molecule has 25 heavy (non-hydrogen) atoms. The van der Waals surface area contributed by atoms with Crippen molar-refractivity contribution in [3.8, 4) is 0 Å². The molecule has 0 aliphatic carbocycles. The first-order chi connectivity index (χ1) is 11.8. The van der Waals surface area contributed by atoms with Gasteiger partial charge in [-0.2, -0.15) is 0 Å². The van der Waals surface area contributed by atoms with Gasteiger partial charge >= 0.3 is 0 Å². The van der Waals surface area contributed by atoms with Crippen LogP contribution < -0.4 is 0 Å². The SMILES string of the molecule is CCC1O[C@H](O[C@H]2OC(CN=[N+]=[N-])[C@@H](O)[C@H](O)C2O)[C@H](O)C(O)[C@@H]1O. The van der Waals surface area contributed by atoms with E-state index in [1.807, 2.05) is 0 Å². The number of hydrogen-bond donors (Lipinski definition) is 6. The molecule has 0 aromatic carbocycles. The van der Waals surface area contributed by atoms with Gasteiger partial charge in [-0.1, -0.05) is 12.0 Å². The summed E-state index contributed by atoms with van der Waals surface area (Å²) in [6, 6.07) is 0. The van der Waals surface area contributed by atoms with Gasteiger partial charge in [0.2, 0.25) is 0 Å². The molecule has 2 heterocycles. The van der Waals surface area contributed by atoms with Crippen LogP contribution in [0.4, 0.5) is 0 Å². The molecule has 6 N–H and O–H groups in total. The molecule has 0 amide bonds. The summed E-state index contributed by atoms with van der Waals surface area (Å²) in [6.07, 6.45) is -14.0. The third-order valence-corrected chi connectivity index (χ3v) is 4.33. The van der Waals surface area contributed by atoms with Crippen LogP contribution in [0.3, 0.4) is 0 Å². The normalized spacial score (nSPS) is 48.0. The Labute approximate surface area is 142 Å². The van der Waals surface area contributed by atoms with Gasteiger partial charge in [-0.05, 0) is 12.0 Å². The zero-order chi connectivity index (χ0) is 18.7. The number of azide groups is 1. The van der Waals surface area contributed by atoms with Crippen molar-refractivity contribution < 1.29 is 44.8 Å². The van der Waals surface area contributed by atoms with Gasteiger partial charge in [0, 0.05) is 4.91 Å². The second kappa shape index (κ2) is 8.56. The van der Waals surface area contributed by atoms with E-state index in [2.05, 4.69) is 10.0 Å². The number of aliphatic hydroxyl groups excluding tert-OH is 6. The van der Waals surface area contributed by atoms with Crippen LogP contribution in [0.1, 0.15) is 13.3 Å². The average molecular weight is 365 g/mol. The first-order valence-electron chi connectivity index (χ1n) is 7.87. The standard InChI is InChI=1S/C13H23N3O9/c1-2-4-6(17)8(19)10(21)12(23-4)25-13-11(22)9(20)7(18)5(24-13)3-15-16-14/h4-13,17-22H,2-3H2,1H3/t4?,5?,6-,7-,8?,9+,10-,11?,12-,13-/m1/s1. The average Bonchev–Trinajstić information content (AvgIpc) is 2.61. The summed E-state index contributed by atoms with van der Waals surface area (Å²) in [5.74, 6) is 0. The molecule has 2 aliphatic rings. The van der Waals surface area contributed by atoms with Crippen molar-refractivity contribution in [2.24, 2.45) is 5.11 Å². The zero-order valence-electron chi connectivity index (χ0n) is 13.4. The van der Waals surface area contributed by atoms with Crippen LogP contribution >= 0.6 is 0 Å². The van der Waals surface area contributed by atoms with Crippen LogP contribution in [-0.4, -0.2) is 98.6 Å². The van der Waals surface area contributed by atoms with Crippen LogP contribution in [0.25, 0.3) is 10.4 Å². The highest BCUT2D eigenvalue weighted by Crippen LogP contribution is 2.29. The summed E-state index contributed by atoms with van der Waals surface area (Å²) in [4.78, 5) is 2.52. The number of rotatable bonds is 5. The number of ether oxygens (including phenoxy) is 3. The molecule has 2 rings (SSSR count). The summed E-state index contributed by atoms with van der Waals surface area (Å²) in [5, 5.41) is 62.6. The molecular weight excluding hydrogens is 342 g/mol. The van der Waals surface area contributed by atoms with Gasteiger partial charge in [0.1, 0.15) is 36.6 Å². The molecule has 2 saturated heterocycles. The topological polar surface area (TPSA) is 198 Å². The van der Waals surface area contributed by atoms with E-state index in [4.69, 9.17) is 19.7 Å². The molecule has 12 heteroatoms. The summed E-state index contributed by atoms with van der Waals surface area (Å²) < 4.78 is 16.0. The van der Waals surface area contributed by atoms with Crippen LogP contribution in [0.15, 0.2) is 5.11 Å². The highest BCUT2D eigenvalue weighted by Gasteiger charge is 2.49. The first kappa shape index (κ1) is 20.3. The smallest absolute Gasteiger partial charge is 0.189 e. The Hall–Kier alpha value is -1.05. The second-order valence-electron chi connectivity index (χ2n) is 5.99. The lowest BCUT2D eigenvalue weighted by molar-refractivity contribution is -0.372. The maximum atomic E-state index is 10.00. The highest BCUT2D eigenvalue weighted by molar-refractivity contribution is 4.92. The molecule has 2 fully saturated rings. The first-order valence-corrected chi connectivity index (χ1v) is 7.87. The molecule has 10 atom stereocenters. The third kappa shape index (κ3) is 4.20. The molecule has 0 radical (unpaired) electrons. The maximum Gasteiger partial charge on any atom is 0.189 e. The summed E-state index contributed by atoms with van der Waals surface area (Å²) in [6.45, 7) is 1.37. The lowest BCUT2D eigenvalue weighted by Crippen LogP contribution is -2.63. The fourth-order valence-electron chi connectivity index (χ4n) is 2.80. The van der Waals surface area contributed by atoms with Crippen LogP contribution in [0.2, 0.25) is 0 Å². The Morgan fingerprint density at radius 1 is 0.840 bits per heavy atom. The van der Waals surface area contributed by atoms with E-state index < -0.39 is 61.4 Å². The second-order valence-corrected chi connectivity index (χ2v) is 5.99. The molecule has 0 bridgehead atoms. The van der Waals surface area contributed by atoms with Crippen LogP contribution in [0, 0.1) is 0 Å². The highest BCUT2D eigenvalue weighted by atomic mass is 16.8. The van der Waals surface area contributed by atoms with Crippen molar-refractivity contribution in [1.29, 1.82) is 0 Å². The lowest BCUT2D eigenvalue weighted by Gasteiger charge is -2.44.